The molecule has 0 aromatic carbocycles. The lowest BCUT2D eigenvalue weighted by atomic mass is 10.1. The number of imidazole rings is 1. The zero-order valence-corrected chi connectivity index (χ0v) is 15.7. The predicted octanol–water partition coefficient (Wildman–Crippen LogP) is 1.38. The molecule has 3 N–H and O–H groups in total. The van der Waals surface area contributed by atoms with E-state index in [9.17, 15) is 9.59 Å². The van der Waals surface area contributed by atoms with E-state index in [2.05, 4.69) is 31.6 Å². The van der Waals surface area contributed by atoms with Crippen molar-refractivity contribution in [1.29, 1.82) is 0 Å². The summed E-state index contributed by atoms with van der Waals surface area (Å²) in [5.74, 6) is 0.0939. The lowest BCUT2D eigenvalue weighted by molar-refractivity contribution is -0.125. The highest BCUT2D eigenvalue weighted by Gasteiger charge is 2.37. The first-order valence-electron chi connectivity index (χ1n) is 8.76. The molecule has 1 aliphatic heterocycles. The van der Waals surface area contributed by atoms with Gasteiger partial charge in [-0.25, -0.2) is 4.98 Å². The molecule has 7 nitrogen and oxygen atoms in total. The molecule has 0 spiro atoms. The number of aromatic nitrogens is 2. The van der Waals surface area contributed by atoms with Crippen molar-refractivity contribution in [2.75, 3.05) is 13.1 Å². The third kappa shape index (κ3) is 5.42. The summed E-state index contributed by atoms with van der Waals surface area (Å²) in [6, 6.07) is -0.217. The normalized spacial score (nSPS) is 20.6. The maximum atomic E-state index is 12.5. The van der Waals surface area contributed by atoms with Crippen LogP contribution in [0.15, 0.2) is 17.8 Å². The Morgan fingerprint density at radius 2 is 2.16 bits per heavy atom. The van der Waals surface area contributed by atoms with Crippen LogP contribution in [-0.4, -0.2) is 57.9 Å². The first-order valence-corrected chi connectivity index (χ1v) is 8.76. The Hall–Kier alpha value is -2.15. The predicted molar refractivity (Wildman–Crippen MR) is 97.3 cm³/mol. The van der Waals surface area contributed by atoms with Crippen LogP contribution in [0.4, 0.5) is 0 Å². The first kappa shape index (κ1) is 19.2. The van der Waals surface area contributed by atoms with Crippen LogP contribution in [0.25, 0.3) is 0 Å². The highest BCUT2D eigenvalue weighted by Crippen LogP contribution is 2.19. The summed E-state index contributed by atoms with van der Waals surface area (Å²) in [5, 5.41) is 5.97. The molecule has 0 unspecified atom stereocenters. The van der Waals surface area contributed by atoms with Gasteiger partial charge in [0.2, 0.25) is 5.91 Å². The van der Waals surface area contributed by atoms with Gasteiger partial charge in [-0.05, 0) is 41.0 Å². The highest BCUT2D eigenvalue weighted by molar-refractivity contribution is 5.91. The van der Waals surface area contributed by atoms with Gasteiger partial charge in [-0.1, -0.05) is 11.6 Å². The molecule has 2 rings (SSSR count). The van der Waals surface area contributed by atoms with Crippen LogP contribution in [0, 0.1) is 6.92 Å². The van der Waals surface area contributed by atoms with Gasteiger partial charge in [0.05, 0.1) is 6.04 Å². The number of nitrogens with zero attached hydrogens (tertiary/aromatic N) is 2. The Balaban J connectivity index is 2.04. The number of rotatable bonds is 6. The van der Waals surface area contributed by atoms with Crippen molar-refractivity contribution in [3.63, 3.8) is 0 Å². The van der Waals surface area contributed by atoms with Crippen molar-refractivity contribution in [2.24, 2.45) is 0 Å². The Labute approximate surface area is 149 Å². The maximum Gasteiger partial charge on any atom is 0.287 e. The van der Waals surface area contributed by atoms with Crippen molar-refractivity contribution in [3.8, 4) is 0 Å². The van der Waals surface area contributed by atoms with E-state index in [0.717, 1.165) is 5.69 Å². The van der Waals surface area contributed by atoms with E-state index in [4.69, 9.17) is 0 Å². The fourth-order valence-corrected chi connectivity index (χ4v) is 2.95. The summed E-state index contributed by atoms with van der Waals surface area (Å²) in [6.45, 7) is 11.2. The molecular weight excluding hydrogens is 318 g/mol. The topological polar surface area (TPSA) is 90.1 Å². The molecule has 2 amide bonds. The van der Waals surface area contributed by atoms with Gasteiger partial charge in [-0.2, -0.15) is 0 Å². The van der Waals surface area contributed by atoms with E-state index >= 15 is 0 Å². The number of hydrogen-bond acceptors (Lipinski definition) is 4. The van der Waals surface area contributed by atoms with Gasteiger partial charge >= 0.3 is 0 Å². The van der Waals surface area contributed by atoms with Gasteiger partial charge in [0.1, 0.15) is 0 Å². The molecule has 1 aromatic rings. The lowest BCUT2D eigenvalue weighted by Gasteiger charge is -2.23. The summed E-state index contributed by atoms with van der Waals surface area (Å²) in [4.78, 5) is 33.9. The average molecular weight is 347 g/mol. The molecule has 1 saturated heterocycles. The fourth-order valence-electron chi connectivity index (χ4n) is 2.95. The van der Waals surface area contributed by atoms with E-state index in [1.807, 2.05) is 34.6 Å². The highest BCUT2D eigenvalue weighted by atomic mass is 16.2. The lowest BCUT2D eigenvalue weighted by Crippen LogP contribution is -2.45. The molecular formula is C18H29N5O2. The molecule has 1 aliphatic rings. The number of amides is 2. The smallest absolute Gasteiger partial charge is 0.287 e. The number of likely N-dealkylation sites (tertiary alicyclic amines) is 1. The minimum Gasteiger partial charge on any atom is -0.353 e. The molecule has 2 atom stereocenters. The van der Waals surface area contributed by atoms with Crippen molar-refractivity contribution in [3.05, 3.63) is 29.4 Å². The fraction of sp³-hybridized carbons (Fsp3) is 0.611. The number of hydrogen-bond donors (Lipinski definition) is 3. The zero-order valence-electron chi connectivity index (χ0n) is 15.7. The molecule has 7 heteroatoms. The first-order chi connectivity index (χ1) is 11.8. The summed E-state index contributed by atoms with van der Waals surface area (Å²) in [6.07, 6.45) is 4.33. The molecule has 2 heterocycles. The van der Waals surface area contributed by atoms with Crippen LogP contribution >= 0.6 is 0 Å². The van der Waals surface area contributed by atoms with Crippen LogP contribution in [0.3, 0.4) is 0 Å². The Kier molecular flexibility index (Phi) is 6.36. The van der Waals surface area contributed by atoms with Crippen LogP contribution < -0.4 is 10.6 Å². The minimum absolute atomic E-state index is 0.0164. The summed E-state index contributed by atoms with van der Waals surface area (Å²) < 4.78 is 0. The van der Waals surface area contributed by atoms with Crippen molar-refractivity contribution < 1.29 is 9.59 Å². The van der Waals surface area contributed by atoms with Gasteiger partial charge in [0, 0.05) is 37.1 Å². The van der Waals surface area contributed by atoms with Crippen molar-refractivity contribution >= 4 is 11.8 Å². The number of allylic oxidation sites excluding steroid dienone is 1. The standard InChI is InChI=1S/C18H29N5O2/c1-11(2)6-7-23-10-14(8-15(23)17(24)20-12(3)4)22-18(25)16-19-9-13(5)21-16/h6,9,12,14-15H,7-8,10H2,1-5H3,(H,19,21)(H,20,24)(H,22,25)/t14-,15+/m1/s1. The second kappa shape index (κ2) is 8.29. The largest absolute Gasteiger partial charge is 0.353 e. The Morgan fingerprint density at radius 3 is 2.72 bits per heavy atom. The van der Waals surface area contributed by atoms with Crippen molar-refractivity contribution in [1.82, 2.24) is 25.5 Å². The molecule has 0 saturated carbocycles. The van der Waals surface area contributed by atoms with E-state index in [1.54, 1.807) is 6.20 Å². The Bertz CT molecular complexity index is 646. The zero-order chi connectivity index (χ0) is 18.6. The molecule has 1 fully saturated rings. The van der Waals surface area contributed by atoms with Gasteiger partial charge < -0.3 is 15.6 Å². The van der Waals surface area contributed by atoms with Gasteiger partial charge in [-0.3, -0.25) is 14.5 Å². The summed E-state index contributed by atoms with van der Waals surface area (Å²) >= 11 is 0. The molecule has 138 valence electrons. The molecule has 0 bridgehead atoms. The van der Waals surface area contributed by atoms with E-state index < -0.39 is 0 Å². The van der Waals surface area contributed by atoms with E-state index in [1.165, 1.54) is 5.57 Å². The van der Waals surface area contributed by atoms with E-state index in [0.29, 0.717) is 25.3 Å². The average Bonchev–Trinajstić information content (AvgIpc) is 3.10. The molecule has 25 heavy (non-hydrogen) atoms. The Morgan fingerprint density at radius 1 is 1.44 bits per heavy atom. The monoisotopic (exact) mass is 347 g/mol. The van der Waals surface area contributed by atoms with Crippen LogP contribution in [-0.2, 0) is 4.79 Å². The molecule has 1 aromatic heterocycles. The van der Waals surface area contributed by atoms with Crippen LogP contribution in [0.2, 0.25) is 0 Å². The summed E-state index contributed by atoms with van der Waals surface area (Å²) in [7, 11) is 0. The van der Waals surface area contributed by atoms with Crippen molar-refractivity contribution in [2.45, 2.75) is 59.2 Å². The van der Waals surface area contributed by atoms with Gasteiger partial charge in [0.15, 0.2) is 5.82 Å². The number of aryl methyl sites for hydroxylation is 1. The number of nitrogens with one attached hydrogen (secondary N) is 3. The number of aromatic amines is 1. The second-order valence-corrected chi connectivity index (χ2v) is 7.24. The molecule has 0 radical (unpaired) electrons. The summed E-state index contributed by atoms with van der Waals surface area (Å²) in [5.41, 5.74) is 2.05. The van der Waals surface area contributed by atoms with E-state index in [-0.39, 0.29) is 29.9 Å². The number of carbonyl (C=O) groups is 2. The maximum absolute atomic E-state index is 12.5. The minimum atomic E-state index is -0.235. The number of carbonyl (C=O) groups excluding carboxylic acids is 2. The third-order valence-corrected chi connectivity index (χ3v) is 4.12. The number of H-pyrrole nitrogens is 1. The van der Waals surface area contributed by atoms with Gasteiger partial charge in [0.25, 0.3) is 5.91 Å². The SMILES string of the molecule is CC(C)=CCN1C[C@H](NC(=O)c2ncc(C)[nH]2)C[C@H]1C(=O)NC(C)C. The second-order valence-electron chi connectivity index (χ2n) is 7.24. The quantitative estimate of drug-likeness (QED) is 0.678. The van der Waals surface area contributed by atoms with Crippen LogP contribution in [0.5, 0.6) is 0 Å². The van der Waals surface area contributed by atoms with Crippen LogP contribution in [0.1, 0.15) is 50.4 Å². The third-order valence-electron chi connectivity index (χ3n) is 4.12. The van der Waals surface area contributed by atoms with Gasteiger partial charge in [-0.15, -0.1) is 0 Å². The molecule has 0 aliphatic carbocycles.